The molecule has 1 aliphatic rings. The maximum atomic E-state index is 11.5. The van der Waals surface area contributed by atoms with Gasteiger partial charge < -0.3 is 27.2 Å². The molecule has 1 fully saturated rings. The van der Waals surface area contributed by atoms with Crippen molar-refractivity contribution in [1.82, 2.24) is 14.9 Å². The van der Waals surface area contributed by atoms with Gasteiger partial charge in [0, 0.05) is 32.4 Å². The number of amides is 2. The lowest BCUT2D eigenvalue weighted by molar-refractivity contribution is -0.106. The number of nitrogens with zero attached hydrogens (tertiary/aromatic N) is 4. The first-order valence-corrected chi connectivity index (χ1v) is 7.19. The summed E-state index contributed by atoms with van der Waals surface area (Å²) in [6.07, 6.45) is 2.54. The third-order valence-corrected chi connectivity index (χ3v) is 3.36. The second kappa shape index (κ2) is 9.54. The summed E-state index contributed by atoms with van der Waals surface area (Å²) in [4.78, 5) is 32.2. The number of aromatic nitrogens is 2. The summed E-state index contributed by atoms with van der Waals surface area (Å²) in [5.41, 5.74) is 15.4. The number of carbonyl (C=O) groups is 2. The molecule has 0 aromatic carbocycles. The Morgan fingerprint density at radius 1 is 1.35 bits per heavy atom. The summed E-state index contributed by atoms with van der Waals surface area (Å²) >= 11 is 0. The van der Waals surface area contributed by atoms with Crippen LogP contribution in [0.5, 0.6) is 0 Å². The Kier molecular flexibility index (Phi) is 7.71. The summed E-state index contributed by atoms with van der Waals surface area (Å²) in [7, 11) is 0. The second-order valence-electron chi connectivity index (χ2n) is 4.87. The van der Waals surface area contributed by atoms with Crippen LogP contribution in [0, 0.1) is 0 Å². The second-order valence-corrected chi connectivity index (χ2v) is 4.87. The minimum atomic E-state index is -0.559. The molecule has 128 valence electrons. The van der Waals surface area contributed by atoms with Crippen LogP contribution in [0.15, 0.2) is 6.20 Å². The van der Waals surface area contributed by atoms with E-state index >= 15 is 0 Å². The SMILES string of the molecule is NC(=O)c1cnc(N)nc1N1CCCN(CCO)CC1.NC=O. The molecule has 10 heteroatoms. The summed E-state index contributed by atoms with van der Waals surface area (Å²) in [6, 6.07) is 0. The van der Waals surface area contributed by atoms with Crippen LogP contribution in [0.3, 0.4) is 0 Å². The van der Waals surface area contributed by atoms with Crippen LogP contribution < -0.4 is 22.1 Å². The molecule has 7 N–H and O–H groups in total. The van der Waals surface area contributed by atoms with Crippen LogP contribution in [-0.2, 0) is 4.79 Å². The molecule has 1 aliphatic heterocycles. The predicted molar refractivity (Wildman–Crippen MR) is 85.6 cm³/mol. The number of rotatable bonds is 4. The van der Waals surface area contributed by atoms with Crippen molar-refractivity contribution in [1.29, 1.82) is 0 Å². The van der Waals surface area contributed by atoms with Gasteiger partial charge in [0.2, 0.25) is 12.4 Å². The van der Waals surface area contributed by atoms with Gasteiger partial charge in [0.15, 0.2) is 0 Å². The van der Waals surface area contributed by atoms with Crippen LogP contribution in [0.1, 0.15) is 16.8 Å². The number of nitrogens with two attached hydrogens (primary N) is 3. The molecule has 0 saturated carbocycles. The van der Waals surface area contributed by atoms with Crippen LogP contribution >= 0.6 is 0 Å². The van der Waals surface area contributed by atoms with Crippen molar-refractivity contribution >= 4 is 24.1 Å². The Hall–Kier alpha value is -2.46. The van der Waals surface area contributed by atoms with E-state index in [1.54, 1.807) is 0 Å². The third kappa shape index (κ3) is 5.68. The summed E-state index contributed by atoms with van der Waals surface area (Å²) in [5, 5.41) is 8.99. The molecule has 2 rings (SSSR count). The average Bonchev–Trinajstić information content (AvgIpc) is 2.74. The van der Waals surface area contributed by atoms with Crippen molar-refractivity contribution in [3.8, 4) is 0 Å². The van der Waals surface area contributed by atoms with E-state index in [-0.39, 0.29) is 24.5 Å². The highest BCUT2D eigenvalue weighted by atomic mass is 16.3. The number of primary amides is 2. The van der Waals surface area contributed by atoms with Gasteiger partial charge in [-0.3, -0.25) is 14.5 Å². The first-order valence-electron chi connectivity index (χ1n) is 7.19. The van der Waals surface area contributed by atoms with Gasteiger partial charge in [-0.25, -0.2) is 4.98 Å². The fourth-order valence-corrected chi connectivity index (χ4v) is 2.35. The Bertz CT molecular complexity index is 526. The Morgan fingerprint density at radius 3 is 2.65 bits per heavy atom. The molecule has 2 amide bonds. The van der Waals surface area contributed by atoms with E-state index in [4.69, 9.17) is 21.4 Å². The quantitative estimate of drug-likeness (QED) is 0.451. The lowest BCUT2D eigenvalue weighted by atomic mass is 10.2. The molecule has 0 radical (unpaired) electrons. The van der Waals surface area contributed by atoms with Crippen molar-refractivity contribution in [2.45, 2.75) is 6.42 Å². The molecule has 10 nitrogen and oxygen atoms in total. The third-order valence-electron chi connectivity index (χ3n) is 3.36. The van der Waals surface area contributed by atoms with Gasteiger partial charge in [-0.2, -0.15) is 4.98 Å². The largest absolute Gasteiger partial charge is 0.395 e. The molecule has 0 aliphatic carbocycles. The van der Waals surface area contributed by atoms with Gasteiger partial charge in [0.05, 0.1) is 6.61 Å². The minimum Gasteiger partial charge on any atom is -0.395 e. The van der Waals surface area contributed by atoms with Gasteiger partial charge in [0.1, 0.15) is 11.4 Å². The number of aliphatic hydroxyl groups excluding tert-OH is 1. The summed E-state index contributed by atoms with van der Waals surface area (Å²) in [5.74, 6) is 0.0637. The zero-order chi connectivity index (χ0) is 17.2. The fraction of sp³-hybridized carbons (Fsp3) is 0.538. The fourth-order valence-electron chi connectivity index (χ4n) is 2.35. The highest BCUT2D eigenvalue weighted by molar-refractivity contribution is 5.97. The Morgan fingerprint density at radius 2 is 2.04 bits per heavy atom. The average molecular weight is 325 g/mol. The van der Waals surface area contributed by atoms with Crippen molar-refractivity contribution in [3.63, 3.8) is 0 Å². The van der Waals surface area contributed by atoms with Crippen molar-refractivity contribution in [2.24, 2.45) is 11.5 Å². The number of aliphatic hydroxyl groups is 1. The van der Waals surface area contributed by atoms with Crippen molar-refractivity contribution in [2.75, 3.05) is 50.0 Å². The summed E-state index contributed by atoms with van der Waals surface area (Å²) in [6.45, 7) is 3.97. The number of β-amino-alcohol motifs (C(OH)–C–C–N with tert-alkyl or cyclic N) is 1. The predicted octanol–water partition coefficient (Wildman–Crippen LogP) is -2.24. The van der Waals surface area contributed by atoms with Crippen molar-refractivity contribution < 1.29 is 14.7 Å². The lowest BCUT2D eigenvalue weighted by Crippen LogP contribution is -2.34. The highest BCUT2D eigenvalue weighted by Gasteiger charge is 2.21. The molecular formula is C13H23N7O3. The van der Waals surface area contributed by atoms with Gasteiger partial charge in [-0.15, -0.1) is 0 Å². The van der Waals surface area contributed by atoms with Gasteiger partial charge in [0.25, 0.3) is 5.91 Å². The maximum absolute atomic E-state index is 11.5. The standard InChI is InChI=1S/C12H20N6O2.CH3NO/c13-10(20)9-8-15-12(14)16-11(9)18-3-1-2-17(4-5-18)6-7-19;2-1-3/h8,19H,1-7H2,(H2,13,20)(H2,14,15,16);1H,(H2,2,3). The molecule has 1 aromatic heterocycles. The number of anilines is 2. The maximum Gasteiger partial charge on any atom is 0.254 e. The molecule has 1 saturated heterocycles. The molecule has 0 bridgehead atoms. The topological polar surface area (TPSA) is 165 Å². The molecule has 0 atom stereocenters. The minimum absolute atomic E-state index is 0.126. The van der Waals surface area contributed by atoms with Crippen molar-refractivity contribution in [3.05, 3.63) is 11.8 Å². The number of nitrogen functional groups attached to an aromatic ring is 1. The van der Waals surface area contributed by atoms with Crippen LogP contribution in [0.25, 0.3) is 0 Å². The monoisotopic (exact) mass is 325 g/mol. The van der Waals surface area contributed by atoms with E-state index in [9.17, 15) is 4.79 Å². The number of carbonyl (C=O) groups excluding carboxylic acids is 2. The first kappa shape index (κ1) is 18.6. The Balaban J connectivity index is 0.000000816. The van der Waals surface area contributed by atoms with E-state index in [1.807, 2.05) is 4.90 Å². The number of hydrogen-bond donors (Lipinski definition) is 4. The molecule has 2 heterocycles. The molecule has 0 spiro atoms. The van der Waals surface area contributed by atoms with E-state index < -0.39 is 5.91 Å². The van der Waals surface area contributed by atoms with Gasteiger partial charge in [-0.05, 0) is 13.0 Å². The van der Waals surface area contributed by atoms with E-state index in [2.05, 4.69) is 20.6 Å². The van der Waals surface area contributed by atoms with Gasteiger partial charge in [-0.1, -0.05) is 0 Å². The smallest absolute Gasteiger partial charge is 0.254 e. The highest BCUT2D eigenvalue weighted by Crippen LogP contribution is 2.19. The van der Waals surface area contributed by atoms with E-state index in [0.717, 1.165) is 26.1 Å². The lowest BCUT2D eigenvalue weighted by Gasteiger charge is -2.23. The van der Waals surface area contributed by atoms with Crippen LogP contribution in [0.2, 0.25) is 0 Å². The van der Waals surface area contributed by atoms with Crippen LogP contribution in [-0.4, -0.2) is 71.6 Å². The molecule has 0 unspecified atom stereocenters. The van der Waals surface area contributed by atoms with E-state index in [0.29, 0.717) is 18.9 Å². The van der Waals surface area contributed by atoms with Gasteiger partial charge >= 0.3 is 0 Å². The van der Waals surface area contributed by atoms with E-state index in [1.165, 1.54) is 6.20 Å². The normalized spacial score (nSPS) is 15.3. The van der Waals surface area contributed by atoms with Crippen LogP contribution in [0.4, 0.5) is 11.8 Å². The zero-order valence-corrected chi connectivity index (χ0v) is 12.9. The molecular weight excluding hydrogens is 302 g/mol. The molecule has 1 aromatic rings. The summed E-state index contributed by atoms with van der Waals surface area (Å²) < 4.78 is 0. The Labute approximate surface area is 134 Å². The number of hydrogen-bond acceptors (Lipinski definition) is 8. The zero-order valence-electron chi connectivity index (χ0n) is 12.9. The molecule has 23 heavy (non-hydrogen) atoms. The first-order chi connectivity index (χ1) is 11.0.